The first kappa shape index (κ1) is 24.8. The molecule has 0 spiro atoms. The summed E-state index contributed by atoms with van der Waals surface area (Å²) in [5.74, 6) is 0.0959. The molecule has 0 radical (unpaired) electrons. The number of carbonyl (C=O) groups excluding carboxylic acids is 2. The Bertz CT molecular complexity index is 1350. The van der Waals surface area contributed by atoms with E-state index in [1.54, 1.807) is 17.8 Å². The molecule has 2 heterocycles. The van der Waals surface area contributed by atoms with Crippen LogP contribution < -0.4 is 15.4 Å². The number of fused-ring (bicyclic) bond motifs is 1. The molecule has 8 nitrogen and oxygen atoms in total. The summed E-state index contributed by atoms with van der Waals surface area (Å²) in [5.41, 5.74) is 4.13. The molecule has 0 fully saturated rings. The topological polar surface area (TPSA) is 94.5 Å². The van der Waals surface area contributed by atoms with E-state index < -0.39 is 5.97 Å². The summed E-state index contributed by atoms with van der Waals surface area (Å²) >= 11 is 0. The number of nitrogens with one attached hydrogen (secondary N) is 2. The van der Waals surface area contributed by atoms with Crippen molar-refractivity contribution >= 4 is 34.3 Å². The van der Waals surface area contributed by atoms with Gasteiger partial charge < -0.3 is 24.7 Å². The number of ether oxygens (including phenoxy) is 2. The van der Waals surface area contributed by atoms with E-state index in [2.05, 4.69) is 15.6 Å². The van der Waals surface area contributed by atoms with Crippen molar-refractivity contribution in [2.45, 2.75) is 26.3 Å². The highest BCUT2D eigenvalue weighted by molar-refractivity contribution is 6.11. The van der Waals surface area contributed by atoms with Crippen LogP contribution in [0.15, 0.2) is 66.9 Å². The number of carbonyl (C=O) groups is 2. The Hall–Kier alpha value is -4.33. The third kappa shape index (κ3) is 5.66. The van der Waals surface area contributed by atoms with Crippen LogP contribution in [-0.2, 0) is 29.5 Å². The largest absolute Gasteiger partial charge is 0.494 e. The fourth-order valence-electron chi connectivity index (χ4n) is 4.05. The number of methoxy groups -OCH3 is 1. The van der Waals surface area contributed by atoms with E-state index in [9.17, 15) is 9.59 Å². The number of hydrogen-bond acceptors (Lipinski definition) is 6. The van der Waals surface area contributed by atoms with Gasteiger partial charge in [0.2, 0.25) is 5.91 Å². The molecule has 0 saturated carbocycles. The van der Waals surface area contributed by atoms with E-state index in [1.165, 1.54) is 7.11 Å². The van der Waals surface area contributed by atoms with Crippen LogP contribution in [0.25, 0.3) is 11.0 Å². The Balaban J connectivity index is 1.56. The van der Waals surface area contributed by atoms with Crippen molar-refractivity contribution in [2.75, 3.05) is 24.4 Å². The average Bonchev–Trinajstić information content (AvgIpc) is 3.17. The van der Waals surface area contributed by atoms with Gasteiger partial charge in [-0.15, -0.1) is 0 Å². The van der Waals surface area contributed by atoms with Gasteiger partial charge in [-0.05, 0) is 42.7 Å². The molecule has 0 aliphatic rings. The third-order valence-corrected chi connectivity index (χ3v) is 5.88. The molecule has 0 atom stereocenters. The summed E-state index contributed by atoms with van der Waals surface area (Å²) in [4.78, 5) is 30.0. The van der Waals surface area contributed by atoms with Crippen LogP contribution >= 0.6 is 0 Å². The van der Waals surface area contributed by atoms with E-state index in [4.69, 9.17) is 9.47 Å². The van der Waals surface area contributed by atoms with Crippen LogP contribution in [0.1, 0.15) is 35.0 Å². The maximum atomic E-state index is 12.9. The first-order valence-corrected chi connectivity index (χ1v) is 11.9. The second kappa shape index (κ2) is 11.4. The number of rotatable bonds is 10. The van der Waals surface area contributed by atoms with Crippen LogP contribution in [0.2, 0.25) is 0 Å². The minimum absolute atomic E-state index is 0.191. The Morgan fingerprint density at radius 3 is 2.47 bits per heavy atom. The first-order valence-electron chi connectivity index (χ1n) is 11.9. The Labute approximate surface area is 210 Å². The third-order valence-electron chi connectivity index (χ3n) is 5.88. The van der Waals surface area contributed by atoms with E-state index in [-0.39, 0.29) is 18.0 Å². The van der Waals surface area contributed by atoms with Gasteiger partial charge in [-0.3, -0.25) is 4.79 Å². The quantitative estimate of drug-likeness (QED) is 0.308. The molecule has 0 bridgehead atoms. The molecule has 0 aliphatic carbocycles. The highest BCUT2D eigenvalue weighted by Crippen LogP contribution is 2.32. The Kier molecular flexibility index (Phi) is 7.85. The molecular weight excluding hydrogens is 456 g/mol. The van der Waals surface area contributed by atoms with Crippen molar-refractivity contribution in [3.8, 4) is 5.75 Å². The molecule has 1 amide bonds. The van der Waals surface area contributed by atoms with Crippen molar-refractivity contribution in [1.29, 1.82) is 0 Å². The van der Waals surface area contributed by atoms with E-state index >= 15 is 0 Å². The summed E-state index contributed by atoms with van der Waals surface area (Å²) < 4.78 is 12.1. The van der Waals surface area contributed by atoms with Gasteiger partial charge in [0.15, 0.2) is 5.69 Å². The number of esters is 1. The number of aromatic nitrogens is 2. The molecule has 8 heteroatoms. The zero-order valence-corrected chi connectivity index (χ0v) is 20.7. The molecule has 0 saturated heterocycles. The van der Waals surface area contributed by atoms with Crippen LogP contribution in [0.4, 0.5) is 11.4 Å². The number of amides is 1. The molecule has 0 aliphatic heterocycles. The van der Waals surface area contributed by atoms with Crippen LogP contribution in [-0.4, -0.2) is 35.1 Å². The standard InChI is InChI=1S/C28H30N4O4/c1-4-36-22-13-10-20(11-14-22)17-29-21-16-23-25(26(28(34)35-3)32(2)27(23)30-18-21)31-24(33)15-12-19-8-6-5-7-9-19/h5-11,13-14,16,18,29H,4,12,15,17H2,1-3H3,(H,31,33). The maximum absolute atomic E-state index is 12.9. The van der Waals surface area contributed by atoms with E-state index in [1.807, 2.05) is 67.6 Å². The first-order chi connectivity index (χ1) is 17.5. The molecule has 2 aromatic heterocycles. The number of aryl methyl sites for hydroxylation is 2. The van der Waals surface area contributed by atoms with Gasteiger partial charge in [0.05, 0.1) is 31.3 Å². The summed E-state index contributed by atoms with van der Waals surface area (Å²) in [7, 11) is 3.05. The summed E-state index contributed by atoms with van der Waals surface area (Å²) in [5, 5.41) is 6.95. The second-order valence-corrected chi connectivity index (χ2v) is 8.33. The van der Waals surface area contributed by atoms with Gasteiger partial charge in [-0.1, -0.05) is 42.5 Å². The smallest absolute Gasteiger partial charge is 0.356 e. The molecule has 186 valence electrons. The van der Waals surface area contributed by atoms with Gasteiger partial charge in [0.1, 0.15) is 11.4 Å². The van der Waals surface area contributed by atoms with Gasteiger partial charge >= 0.3 is 5.97 Å². The lowest BCUT2D eigenvalue weighted by molar-refractivity contribution is -0.116. The van der Waals surface area contributed by atoms with Gasteiger partial charge in [0.25, 0.3) is 0 Å². The lowest BCUT2D eigenvalue weighted by atomic mass is 10.1. The number of benzene rings is 2. The van der Waals surface area contributed by atoms with Crippen molar-refractivity contribution in [1.82, 2.24) is 9.55 Å². The van der Waals surface area contributed by atoms with Crippen LogP contribution in [0, 0.1) is 0 Å². The number of anilines is 2. The average molecular weight is 487 g/mol. The molecule has 36 heavy (non-hydrogen) atoms. The Morgan fingerprint density at radius 2 is 1.78 bits per heavy atom. The number of pyridine rings is 1. The lowest BCUT2D eigenvalue weighted by Crippen LogP contribution is -2.16. The van der Waals surface area contributed by atoms with Crippen molar-refractivity contribution in [3.63, 3.8) is 0 Å². The molecule has 0 unspecified atom stereocenters. The highest BCUT2D eigenvalue weighted by atomic mass is 16.5. The minimum Gasteiger partial charge on any atom is -0.494 e. The Morgan fingerprint density at radius 1 is 1.03 bits per heavy atom. The van der Waals surface area contributed by atoms with Crippen molar-refractivity contribution in [3.05, 3.63) is 83.7 Å². The van der Waals surface area contributed by atoms with Gasteiger partial charge in [-0.25, -0.2) is 9.78 Å². The normalized spacial score (nSPS) is 10.8. The second-order valence-electron chi connectivity index (χ2n) is 8.33. The van der Waals surface area contributed by atoms with Crippen LogP contribution in [0.3, 0.4) is 0 Å². The number of nitrogens with zero attached hydrogens (tertiary/aromatic N) is 2. The zero-order valence-electron chi connectivity index (χ0n) is 20.7. The SMILES string of the molecule is CCOc1ccc(CNc2cnc3c(c2)c(NC(=O)CCc2ccccc2)c(C(=O)OC)n3C)cc1. The van der Waals surface area contributed by atoms with Gasteiger partial charge in [0, 0.05) is 25.4 Å². The van der Waals surface area contributed by atoms with E-state index in [0.717, 1.165) is 22.6 Å². The predicted octanol–water partition coefficient (Wildman–Crippen LogP) is 4.94. The van der Waals surface area contributed by atoms with Crippen molar-refractivity contribution < 1.29 is 19.1 Å². The number of hydrogen-bond donors (Lipinski definition) is 2. The molecular formula is C28H30N4O4. The summed E-state index contributed by atoms with van der Waals surface area (Å²) in [6.45, 7) is 3.15. The predicted molar refractivity (Wildman–Crippen MR) is 140 cm³/mol. The van der Waals surface area contributed by atoms with Gasteiger partial charge in [-0.2, -0.15) is 0 Å². The summed E-state index contributed by atoms with van der Waals surface area (Å²) in [6.07, 6.45) is 2.58. The fourth-order valence-corrected chi connectivity index (χ4v) is 4.05. The molecule has 4 rings (SSSR count). The zero-order chi connectivity index (χ0) is 25.5. The molecule has 4 aromatic rings. The van der Waals surface area contributed by atoms with E-state index in [0.29, 0.717) is 36.3 Å². The minimum atomic E-state index is -0.544. The molecule has 2 aromatic carbocycles. The molecule has 2 N–H and O–H groups in total. The maximum Gasteiger partial charge on any atom is 0.356 e. The lowest BCUT2D eigenvalue weighted by Gasteiger charge is -2.09. The fraction of sp³-hybridized carbons (Fsp3) is 0.250. The summed E-state index contributed by atoms with van der Waals surface area (Å²) in [6, 6.07) is 19.6. The highest BCUT2D eigenvalue weighted by Gasteiger charge is 2.24. The monoisotopic (exact) mass is 486 g/mol. The van der Waals surface area contributed by atoms with Crippen LogP contribution in [0.5, 0.6) is 5.75 Å². The van der Waals surface area contributed by atoms with Crippen molar-refractivity contribution in [2.24, 2.45) is 7.05 Å².